The lowest BCUT2D eigenvalue weighted by Gasteiger charge is -2.41. The van der Waals surface area contributed by atoms with E-state index >= 15 is 0 Å². The van der Waals surface area contributed by atoms with Crippen molar-refractivity contribution in [3.8, 4) is 0 Å². The molecular formula is C10H19NO. The molecule has 2 heterocycles. The third-order valence-corrected chi connectivity index (χ3v) is 3.34. The van der Waals surface area contributed by atoms with Crippen LogP contribution in [0.25, 0.3) is 0 Å². The van der Waals surface area contributed by atoms with Crippen LogP contribution in [-0.2, 0) is 4.74 Å². The summed E-state index contributed by atoms with van der Waals surface area (Å²) in [6, 6.07) is 0.895. The van der Waals surface area contributed by atoms with Crippen LogP contribution < -0.4 is 0 Å². The molecule has 0 spiro atoms. The van der Waals surface area contributed by atoms with Crippen LogP contribution in [0.3, 0.4) is 0 Å². The van der Waals surface area contributed by atoms with E-state index in [1.54, 1.807) is 0 Å². The molecule has 2 aliphatic rings. The molecule has 12 heavy (non-hydrogen) atoms. The molecule has 0 saturated carbocycles. The van der Waals surface area contributed by atoms with Crippen LogP contribution in [0.15, 0.2) is 0 Å². The van der Waals surface area contributed by atoms with E-state index in [-0.39, 0.29) is 5.72 Å². The van der Waals surface area contributed by atoms with E-state index in [9.17, 15) is 0 Å². The van der Waals surface area contributed by atoms with Crippen molar-refractivity contribution in [2.24, 2.45) is 0 Å². The first-order valence-corrected chi connectivity index (χ1v) is 5.14. The SMILES string of the molecule is CCCCCC1(OC)CC2CN21. The zero-order valence-corrected chi connectivity index (χ0v) is 8.18. The second-order valence-corrected chi connectivity index (χ2v) is 4.12. The first kappa shape index (κ1) is 8.52. The van der Waals surface area contributed by atoms with Crippen molar-refractivity contribution in [1.82, 2.24) is 4.90 Å². The van der Waals surface area contributed by atoms with Crippen molar-refractivity contribution in [2.45, 2.75) is 50.8 Å². The summed E-state index contributed by atoms with van der Waals surface area (Å²) in [6.45, 7) is 3.54. The largest absolute Gasteiger partial charge is 0.364 e. The highest BCUT2D eigenvalue weighted by atomic mass is 16.5. The Morgan fingerprint density at radius 1 is 1.50 bits per heavy atom. The van der Waals surface area contributed by atoms with Gasteiger partial charge in [-0.1, -0.05) is 19.8 Å². The monoisotopic (exact) mass is 169 g/mol. The Bertz CT molecular complexity index is 171. The van der Waals surface area contributed by atoms with E-state index in [4.69, 9.17) is 4.74 Å². The van der Waals surface area contributed by atoms with E-state index in [2.05, 4.69) is 11.8 Å². The van der Waals surface area contributed by atoms with Crippen molar-refractivity contribution in [1.29, 1.82) is 0 Å². The second kappa shape index (κ2) is 3.00. The fourth-order valence-corrected chi connectivity index (χ4v) is 2.43. The first-order valence-electron chi connectivity index (χ1n) is 5.14. The number of ether oxygens (including phenoxy) is 1. The molecule has 3 atom stereocenters. The Labute approximate surface area is 74.9 Å². The van der Waals surface area contributed by atoms with Gasteiger partial charge in [0, 0.05) is 26.1 Å². The fourth-order valence-electron chi connectivity index (χ4n) is 2.43. The molecule has 0 aromatic heterocycles. The van der Waals surface area contributed by atoms with Gasteiger partial charge in [0.05, 0.1) is 0 Å². The van der Waals surface area contributed by atoms with Crippen LogP contribution in [-0.4, -0.2) is 30.3 Å². The molecule has 0 radical (unpaired) electrons. The Morgan fingerprint density at radius 3 is 2.75 bits per heavy atom. The minimum Gasteiger partial charge on any atom is -0.364 e. The summed E-state index contributed by atoms with van der Waals surface area (Å²) in [4.78, 5) is 2.49. The van der Waals surface area contributed by atoms with Crippen LogP contribution in [0.5, 0.6) is 0 Å². The van der Waals surface area contributed by atoms with Crippen LogP contribution in [0, 0.1) is 0 Å². The van der Waals surface area contributed by atoms with Crippen LogP contribution >= 0.6 is 0 Å². The lowest BCUT2D eigenvalue weighted by atomic mass is 9.94. The first-order chi connectivity index (χ1) is 5.82. The number of hydrogen-bond donors (Lipinski definition) is 0. The van der Waals surface area contributed by atoms with E-state index in [0.717, 1.165) is 6.04 Å². The number of unbranched alkanes of at least 4 members (excludes halogenated alkanes) is 2. The molecule has 2 heteroatoms. The topological polar surface area (TPSA) is 12.2 Å². The molecule has 70 valence electrons. The van der Waals surface area contributed by atoms with Gasteiger partial charge in [-0.05, 0) is 12.8 Å². The maximum Gasteiger partial charge on any atom is 0.123 e. The van der Waals surface area contributed by atoms with Gasteiger partial charge in [-0.3, -0.25) is 4.90 Å². The molecule has 2 saturated heterocycles. The molecule has 0 aromatic rings. The van der Waals surface area contributed by atoms with Crippen molar-refractivity contribution in [2.75, 3.05) is 13.7 Å². The van der Waals surface area contributed by atoms with Gasteiger partial charge in [0.25, 0.3) is 0 Å². The molecule has 2 fully saturated rings. The average molecular weight is 169 g/mol. The van der Waals surface area contributed by atoms with Gasteiger partial charge in [0.2, 0.25) is 0 Å². The van der Waals surface area contributed by atoms with Gasteiger partial charge >= 0.3 is 0 Å². The summed E-state index contributed by atoms with van der Waals surface area (Å²) in [5.41, 5.74) is 0.180. The summed E-state index contributed by atoms with van der Waals surface area (Å²) in [5.74, 6) is 0. The zero-order chi connectivity index (χ0) is 8.60. The second-order valence-electron chi connectivity index (χ2n) is 4.12. The molecule has 0 N–H and O–H groups in total. The molecule has 0 bridgehead atoms. The fraction of sp³-hybridized carbons (Fsp3) is 1.00. The number of fused-ring (bicyclic) bond motifs is 1. The van der Waals surface area contributed by atoms with Crippen molar-refractivity contribution in [3.63, 3.8) is 0 Å². The molecule has 3 unspecified atom stereocenters. The standard InChI is InChI=1S/C10H19NO/c1-3-4-5-6-10(12-2)7-9-8-11(9)10/h9H,3-8H2,1-2H3. The molecule has 0 aromatic carbocycles. The van der Waals surface area contributed by atoms with Crippen molar-refractivity contribution >= 4 is 0 Å². The van der Waals surface area contributed by atoms with Gasteiger partial charge in [-0.2, -0.15) is 0 Å². The van der Waals surface area contributed by atoms with Crippen molar-refractivity contribution in [3.05, 3.63) is 0 Å². The van der Waals surface area contributed by atoms with E-state index in [1.165, 1.54) is 38.6 Å². The maximum atomic E-state index is 5.60. The Hall–Kier alpha value is -0.0800. The van der Waals surface area contributed by atoms with Gasteiger partial charge in [-0.25, -0.2) is 0 Å². The predicted molar refractivity (Wildman–Crippen MR) is 49.0 cm³/mol. The van der Waals surface area contributed by atoms with Gasteiger partial charge < -0.3 is 4.74 Å². The minimum atomic E-state index is 0.180. The van der Waals surface area contributed by atoms with Crippen molar-refractivity contribution < 1.29 is 4.74 Å². The highest BCUT2D eigenvalue weighted by molar-refractivity contribution is 5.12. The maximum absolute atomic E-state index is 5.60. The summed E-state index contributed by atoms with van der Waals surface area (Å²) in [6.07, 6.45) is 6.52. The zero-order valence-electron chi connectivity index (χ0n) is 8.18. The molecular weight excluding hydrogens is 150 g/mol. The summed E-state index contributed by atoms with van der Waals surface area (Å²) in [5, 5.41) is 0. The van der Waals surface area contributed by atoms with Crippen LogP contribution in [0.2, 0.25) is 0 Å². The Morgan fingerprint density at radius 2 is 2.33 bits per heavy atom. The molecule has 2 nitrogen and oxygen atoms in total. The van der Waals surface area contributed by atoms with Gasteiger partial charge in [0.15, 0.2) is 0 Å². The number of rotatable bonds is 5. The van der Waals surface area contributed by atoms with Crippen LogP contribution in [0.4, 0.5) is 0 Å². The lowest BCUT2D eigenvalue weighted by Crippen LogP contribution is -2.50. The number of hydrogen-bond acceptors (Lipinski definition) is 2. The van der Waals surface area contributed by atoms with Gasteiger partial charge in [0.1, 0.15) is 5.72 Å². The van der Waals surface area contributed by atoms with Gasteiger partial charge in [-0.15, -0.1) is 0 Å². The smallest absolute Gasteiger partial charge is 0.123 e. The van der Waals surface area contributed by atoms with E-state index in [1.807, 2.05) is 7.11 Å². The number of nitrogens with zero attached hydrogens (tertiary/aromatic N) is 1. The molecule has 2 aliphatic heterocycles. The third-order valence-electron chi connectivity index (χ3n) is 3.34. The quantitative estimate of drug-likeness (QED) is 0.461. The molecule has 0 aliphatic carbocycles. The minimum absolute atomic E-state index is 0.180. The normalized spacial score (nSPS) is 43.5. The lowest BCUT2D eigenvalue weighted by molar-refractivity contribution is -0.148. The Balaban J connectivity index is 1.76. The molecule has 0 amide bonds. The third kappa shape index (κ3) is 1.17. The number of methoxy groups -OCH3 is 1. The average Bonchev–Trinajstić information content (AvgIpc) is 2.73. The highest BCUT2D eigenvalue weighted by Gasteiger charge is 2.61. The molecule has 2 rings (SSSR count). The Kier molecular flexibility index (Phi) is 2.13. The summed E-state index contributed by atoms with van der Waals surface area (Å²) < 4.78 is 5.60. The summed E-state index contributed by atoms with van der Waals surface area (Å²) in [7, 11) is 1.86. The highest BCUT2D eigenvalue weighted by Crippen LogP contribution is 2.50. The summed E-state index contributed by atoms with van der Waals surface area (Å²) >= 11 is 0. The van der Waals surface area contributed by atoms with E-state index in [0.29, 0.717) is 0 Å². The van der Waals surface area contributed by atoms with Crippen LogP contribution in [0.1, 0.15) is 39.0 Å². The van der Waals surface area contributed by atoms with E-state index < -0.39 is 0 Å². The predicted octanol–water partition coefficient (Wildman–Crippen LogP) is 2.00.